The molecule has 1 rings (SSSR count). The third kappa shape index (κ3) is 2.92. The van der Waals surface area contributed by atoms with Gasteiger partial charge in [-0.25, -0.2) is 0 Å². The summed E-state index contributed by atoms with van der Waals surface area (Å²) in [5.74, 6) is -1.14. The number of carbonyl (C=O) groups is 2. The van der Waals surface area contributed by atoms with Gasteiger partial charge in [0.15, 0.2) is 0 Å². The third-order valence-corrected chi connectivity index (χ3v) is 2.67. The van der Waals surface area contributed by atoms with Gasteiger partial charge in [-0.05, 0) is 19.8 Å². The smallest absolute Gasteiger partial charge is 0.323 e. The monoisotopic (exact) mass is 215 g/mol. The zero-order chi connectivity index (χ0) is 11.5. The Hall–Kier alpha value is -1.10. The highest BCUT2D eigenvalue weighted by Gasteiger charge is 2.37. The normalized spacial score (nSPS) is 26.0. The maximum absolute atomic E-state index is 11.9. The number of nitrogens with zero attached hydrogens (tertiary/aromatic N) is 1. The predicted molar refractivity (Wildman–Crippen MR) is 53.4 cm³/mol. The van der Waals surface area contributed by atoms with Gasteiger partial charge in [-0.15, -0.1) is 0 Å². The van der Waals surface area contributed by atoms with Crippen LogP contribution < -0.4 is 0 Å². The van der Waals surface area contributed by atoms with Crippen molar-refractivity contribution in [2.75, 3.05) is 26.8 Å². The Bertz CT molecular complexity index is 258. The van der Waals surface area contributed by atoms with E-state index in [4.69, 9.17) is 9.84 Å². The summed E-state index contributed by atoms with van der Waals surface area (Å²) in [4.78, 5) is 23.7. The molecule has 0 radical (unpaired) electrons. The fourth-order valence-corrected chi connectivity index (χ4v) is 1.84. The summed E-state index contributed by atoms with van der Waals surface area (Å²) in [6, 6.07) is 0. The Morgan fingerprint density at radius 3 is 2.67 bits per heavy atom. The Labute approximate surface area is 89.0 Å². The Morgan fingerprint density at radius 2 is 2.20 bits per heavy atom. The van der Waals surface area contributed by atoms with E-state index >= 15 is 0 Å². The number of carboxylic acids is 1. The van der Waals surface area contributed by atoms with Crippen molar-refractivity contribution in [3.8, 4) is 0 Å². The molecular weight excluding hydrogens is 198 g/mol. The molecule has 86 valence electrons. The van der Waals surface area contributed by atoms with Crippen LogP contribution in [0, 0.1) is 5.41 Å². The van der Waals surface area contributed by atoms with E-state index in [0.29, 0.717) is 13.2 Å². The first-order valence-electron chi connectivity index (χ1n) is 5.01. The van der Waals surface area contributed by atoms with E-state index in [9.17, 15) is 9.59 Å². The van der Waals surface area contributed by atoms with Crippen LogP contribution in [0.4, 0.5) is 0 Å². The van der Waals surface area contributed by atoms with Crippen LogP contribution in [0.2, 0.25) is 0 Å². The molecule has 15 heavy (non-hydrogen) atoms. The van der Waals surface area contributed by atoms with Crippen LogP contribution in [-0.2, 0) is 14.3 Å². The number of carbonyl (C=O) groups excluding carboxylic acids is 1. The van der Waals surface area contributed by atoms with Crippen LogP contribution in [0.5, 0.6) is 0 Å². The summed E-state index contributed by atoms with van der Waals surface area (Å²) in [5.41, 5.74) is -0.553. The fraction of sp³-hybridized carbons (Fsp3) is 0.800. The number of ether oxygens (including phenoxy) is 1. The molecule has 0 aromatic rings. The van der Waals surface area contributed by atoms with Crippen LogP contribution in [0.1, 0.15) is 19.8 Å². The fourth-order valence-electron chi connectivity index (χ4n) is 1.84. The topological polar surface area (TPSA) is 66.8 Å². The van der Waals surface area contributed by atoms with Crippen molar-refractivity contribution in [2.45, 2.75) is 19.8 Å². The van der Waals surface area contributed by atoms with Crippen molar-refractivity contribution in [1.82, 2.24) is 4.90 Å². The van der Waals surface area contributed by atoms with Gasteiger partial charge >= 0.3 is 5.97 Å². The zero-order valence-electron chi connectivity index (χ0n) is 9.15. The molecule has 5 heteroatoms. The van der Waals surface area contributed by atoms with E-state index in [1.54, 1.807) is 0 Å². The first-order chi connectivity index (χ1) is 6.96. The molecule has 1 unspecified atom stereocenters. The summed E-state index contributed by atoms with van der Waals surface area (Å²) >= 11 is 0. The number of hydrogen-bond acceptors (Lipinski definition) is 3. The molecule has 0 spiro atoms. The van der Waals surface area contributed by atoms with Gasteiger partial charge in [-0.1, -0.05) is 0 Å². The molecule has 5 nitrogen and oxygen atoms in total. The van der Waals surface area contributed by atoms with E-state index in [0.717, 1.165) is 12.8 Å². The molecule has 1 atom stereocenters. The first-order valence-corrected chi connectivity index (χ1v) is 5.01. The minimum absolute atomic E-state index is 0.149. The molecule has 1 heterocycles. The van der Waals surface area contributed by atoms with Crippen LogP contribution in [0.3, 0.4) is 0 Å². The predicted octanol–water partition coefficient (Wildman–Crippen LogP) is 0.346. The lowest BCUT2D eigenvalue weighted by Gasteiger charge is -2.34. The molecule has 0 saturated carbocycles. The van der Waals surface area contributed by atoms with Gasteiger partial charge in [0.05, 0.1) is 12.0 Å². The van der Waals surface area contributed by atoms with Gasteiger partial charge in [-0.2, -0.15) is 0 Å². The number of rotatable bonds is 3. The molecule has 1 amide bonds. The van der Waals surface area contributed by atoms with Crippen LogP contribution in [-0.4, -0.2) is 48.7 Å². The maximum Gasteiger partial charge on any atom is 0.323 e. The molecule has 1 aliphatic rings. The SMILES string of the molecule is CN(CC(=O)O)C(=O)C1(C)CCCOC1. The number of likely N-dealkylation sites (N-methyl/N-ethyl adjacent to an activating group) is 1. The highest BCUT2D eigenvalue weighted by molar-refractivity contribution is 5.85. The average Bonchev–Trinajstić information content (AvgIpc) is 2.16. The summed E-state index contributed by atoms with van der Waals surface area (Å²) in [5, 5.41) is 8.59. The lowest BCUT2D eigenvalue weighted by atomic mass is 9.83. The highest BCUT2D eigenvalue weighted by atomic mass is 16.5. The number of carboxylic acid groups (broad SMARTS) is 1. The Kier molecular flexibility index (Phi) is 3.68. The Balaban J connectivity index is 2.61. The zero-order valence-corrected chi connectivity index (χ0v) is 9.15. The van der Waals surface area contributed by atoms with Crippen LogP contribution >= 0.6 is 0 Å². The summed E-state index contributed by atoms with van der Waals surface area (Å²) in [6.45, 7) is 2.64. The van der Waals surface area contributed by atoms with Crippen molar-refractivity contribution >= 4 is 11.9 Å². The van der Waals surface area contributed by atoms with E-state index in [-0.39, 0.29) is 12.5 Å². The first kappa shape index (κ1) is 12.0. The van der Waals surface area contributed by atoms with Crippen molar-refractivity contribution in [1.29, 1.82) is 0 Å². The van der Waals surface area contributed by atoms with Crippen LogP contribution in [0.25, 0.3) is 0 Å². The Morgan fingerprint density at radius 1 is 1.53 bits per heavy atom. The molecule has 0 aromatic heterocycles. The van der Waals surface area contributed by atoms with E-state index in [1.165, 1.54) is 11.9 Å². The van der Waals surface area contributed by atoms with Crippen molar-refractivity contribution in [3.05, 3.63) is 0 Å². The van der Waals surface area contributed by atoms with Crippen LogP contribution in [0.15, 0.2) is 0 Å². The molecule has 0 bridgehead atoms. The van der Waals surface area contributed by atoms with E-state index in [1.807, 2.05) is 6.92 Å². The van der Waals surface area contributed by atoms with E-state index < -0.39 is 11.4 Å². The number of aliphatic carboxylic acids is 1. The lowest BCUT2D eigenvalue weighted by Crippen LogP contribution is -2.46. The number of hydrogen-bond donors (Lipinski definition) is 1. The van der Waals surface area contributed by atoms with Gasteiger partial charge in [0, 0.05) is 13.7 Å². The van der Waals surface area contributed by atoms with Gasteiger partial charge < -0.3 is 14.7 Å². The minimum atomic E-state index is -0.994. The molecular formula is C10H17NO4. The molecule has 1 N–H and O–H groups in total. The van der Waals surface area contributed by atoms with Gasteiger partial charge in [0.1, 0.15) is 6.54 Å². The minimum Gasteiger partial charge on any atom is -0.480 e. The van der Waals surface area contributed by atoms with Crippen molar-refractivity contribution in [2.24, 2.45) is 5.41 Å². The highest BCUT2D eigenvalue weighted by Crippen LogP contribution is 2.29. The lowest BCUT2D eigenvalue weighted by molar-refractivity contribution is -0.152. The van der Waals surface area contributed by atoms with Crippen molar-refractivity contribution < 1.29 is 19.4 Å². The number of amides is 1. The van der Waals surface area contributed by atoms with Gasteiger partial charge in [0.2, 0.25) is 5.91 Å². The molecule has 1 saturated heterocycles. The second-order valence-corrected chi connectivity index (χ2v) is 4.27. The second kappa shape index (κ2) is 4.61. The molecule has 1 fully saturated rings. The average molecular weight is 215 g/mol. The summed E-state index contributed by atoms with van der Waals surface area (Å²) in [6.07, 6.45) is 1.61. The quantitative estimate of drug-likeness (QED) is 0.737. The third-order valence-electron chi connectivity index (χ3n) is 2.67. The summed E-state index contributed by atoms with van der Waals surface area (Å²) in [7, 11) is 1.51. The van der Waals surface area contributed by atoms with E-state index in [2.05, 4.69) is 0 Å². The van der Waals surface area contributed by atoms with Crippen molar-refractivity contribution in [3.63, 3.8) is 0 Å². The largest absolute Gasteiger partial charge is 0.480 e. The van der Waals surface area contributed by atoms with Gasteiger partial charge in [0.25, 0.3) is 0 Å². The molecule has 0 aliphatic carbocycles. The molecule has 1 aliphatic heterocycles. The van der Waals surface area contributed by atoms with Gasteiger partial charge in [-0.3, -0.25) is 9.59 Å². The maximum atomic E-state index is 11.9. The molecule has 0 aromatic carbocycles. The standard InChI is InChI=1S/C10H17NO4/c1-10(4-3-5-15-7-10)9(14)11(2)6-8(12)13/h3-7H2,1-2H3,(H,12,13). The second-order valence-electron chi connectivity index (χ2n) is 4.27. The summed E-state index contributed by atoms with van der Waals surface area (Å²) < 4.78 is 5.27.